The lowest BCUT2D eigenvalue weighted by atomic mass is 9.75. The Morgan fingerprint density at radius 1 is 1.50 bits per heavy atom. The first-order valence-corrected chi connectivity index (χ1v) is 7.89. The minimum Gasteiger partial charge on any atom is -0.378 e. The molecule has 0 radical (unpaired) electrons. The fraction of sp³-hybridized carbons (Fsp3) is 0.714. The van der Waals surface area contributed by atoms with Crippen molar-refractivity contribution in [1.82, 2.24) is 5.32 Å². The van der Waals surface area contributed by atoms with Crippen molar-refractivity contribution in [3.63, 3.8) is 0 Å². The normalized spacial score (nSPS) is 19.5. The van der Waals surface area contributed by atoms with Gasteiger partial charge in [-0.2, -0.15) is 0 Å². The van der Waals surface area contributed by atoms with E-state index in [1.165, 1.54) is 24.1 Å². The summed E-state index contributed by atoms with van der Waals surface area (Å²) in [5.41, 5.74) is 0.133. The average Bonchev–Trinajstić information content (AvgIpc) is 2.69. The van der Waals surface area contributed by atoms with Gasteiger partial charge in [0.2, 0.25) is 0 Å². The second-order valence-electron chi connectivity index (χ2n) is 5.11. The zero-order chi connectivity index (χ0) is 13.0. The maximum atomic E-state index is 5.99. The molecule has 1 atom stereocenters. The van der Waals surface area contributed by atoms with E-state index in [4.69, 9.17) is 16.3 Å². The highest BCUT2D eigenvalue weighted by Gasteiger charge is 2.38. The standard InChI is InChI=1S/C14H22ClNOS/c1-3-16-11(9-12-5-6-13(15)18-12)10-14(17-2)7-4-8-14/h5-6,11,16H,3-4,7-10H2,1-2H3. The third kappa shape index (κ3) is 3.47. The zero-order valence-corrected chi connectivity index (χ0v) is 12.7. The van der Waals surface area contributed by atoms with Crippen molar-refractivity contribution in [3.8, 4) is 0 Å². The highest BCUT2D eigenvalue weighted by molar-refractivity contribution is 7.16. The summed E-state index contributed by atoms with van der Waals surface area (Å²) in [4.78, 5) is 1.36. The van der Waals surface area contributed by atoms with Crippen molar-refractivity contribution in [1.29, 1.82) is 0 Å². The van der Waals surface area contributed by atoms with Crippen molar-refractivity contribution in [2.45, 2.75) is 50.7 Å². The molecule has 1 N–H and O–H groups in total. The van der Waals surface area contributed by atoms with Crippen LogP contribution in [0.25, 0.3) is 0 Å². The minimum absolute atomic E-state index is 0.133. The van der Waals surface area contributed by atoms with Crippen LogP contribution in [0, 0.1) is 0 Å². The molecule has 1 unspecified atom stereocenters. The molecule has 0 bridgehead atoms. The van der Waals surface area contributed by atoms with Gasteiger partial charge in [0.15, 0.2) is 0 Å². The van der Waals surface area contributed by atoms with Crippen LogP contribution in [0.3, 0.4) is 0 Å². The van der Waals surface area contributed by atoms with Crippen molar-refractivity contribution < 1.29 is 4.74 Å². The largest absolute Gasteiger partial charge is 0.378 e. The van der Waals surface area contributed by atoms with Crippen LogP contribution in [0.1, 0.15) is 37.5 Å². The van der Waals surface area contributed by atoms with Gasteiger partial charge < -0.3 is 10.1 Å². The van der Waals surface area contributed by atoms with Crippen LogP contribution in [-0.4, -0.2) is 25.3 Å². The number of hydrogen-bond donors (Lipinski definition) is 1. The molecule has 102 valence electrons. The molecule has 2 rings (SSSR count). The molecule has 1 saturated carbocycles. The summed E-state index contributed by atoms with van der Waals surface area (Å²) < 4.78 is 6.61. The number of likely N-dealkylation sites (N-methyl/N-ethyl adjacent to an activating group) is 1. The van der Waals surface area contributed by atoms with Crippen LogP contribution >= 0.6 is 22.9 Å². The Morgan fingerprint density at radius 2 is 2.28 bits per heavy atom. The number of hydrogen-bond acceptors (Lipinski definition) is 3. The number of thiophene rings is 1. The van der Waals surface area contributed by atoms with Crippen LogP contribution in [0.4, 0.5) is 0 Å². The van der Waals surface area contributed by atoms with Crippen LogP contribution in [0.15, 0.2) is 12.1 Å². The lowest BCUT2D eigenvalue weighted by molar-refractivity contribution is -0.0832. The Kier molecular flexibility index (Phi) is 5.07. The van der Waals surface area contributed by atoms with Crippen molar-refractivity contribution in [2.24, 2.45) is 0 Å². The molecular weight excluding hydrogens is 266 g/mol. The van der Waals surface area contributed by atoms with E-state index in [0.29, 0.717) is 6.04 Å². The third-order valence-electron chi connectivity index (χ3n) is 3.89. The molecule has 0 spiro atoms. The summed E-state index contributed by atoms with van der Waals surface area (Å²) in [6.45, 7) is 3.16. The number of rotatable bonds is 7. The fourth-order valence-electron chi connectivity index (χ4n) is 2.72. The van der Waals surface area contributed by atoms with E-state index in [1.807, 2.05) is 13.2 Å². The molecule has 4 heteroatoms. The lowest BCUT2D eigenvalue weighted by Gasteiger charge is -2.43. The van der Waals surface area contributed by atoms with E-state index in [0.717, 1.165) is 23.7 Å². The highest BCUT2D eigenvalue weighted by Crippen LogP contribution is 2.39. The number of methoxy groups -OCH3 is 1. The molecular formula is C14H22ClNOS. The van der Waals surface area contributed by atoms with E-state index < -0.39 is 0 Å². The van der Waals surface area contributed by atoms with Gasteiger partial charge in [-0.05, 0) is 50.8 Å². The first kappa shape index (κ1) is 14.3. The van der Waals surface area contributed by atoms with Gasteiger partial charge in [-0.15, -0.1) is 11.3 Å². The molecule has 1 heterocycles. The second kappa shape index (κ2) is 6.38. The average molecular weight is 288 g/mol. The first-order chi connectivity index (χ1) is 8.67. The van der Waals surface area contributed by atoms with Gasteiger partial charge in [0.05, 0.1) is 9.94 Å². The quantitative estimate of drug-likeness (QED) is 0.822. The SMILES string of the molecule is CCNC(Cc1ccc(Cl)s1)CC1(OC)CCC1. The molecule has 0 amide bonds. The Hall–Kier alpha value is -0.0900. The summed E-state index contributed by atoms with van der Waals surface area (Å²) in [5.74, 6) is 0. The Balaban J connectivity index is 1.95. The van der Waals surface area contributed by atoms with E-state index in [9.17, 15) is 0 Å². The molecule has 2 nitrogen and oxygen atoms in total. The molecule has 1 aliphatic rings. The van der Waals surface area contributed by atoms with Gasteiger partial charge in [0.1, 0.15) is 0 Å². The Morgan fingerprint density at radius 3 is 2.72 bits per heavy atom. The van der Waals surface area contributed by atoms with Gasteiger partial charge in [-0.1, -0.05) is 18.5 Å². The predicted octanol–water partition coefficient (Wildman–Crippen LogP) is 3.88. The van der Waals surface area contributed by atoms with Crippen molar-refractivity contribution in [2.75, 3.05) is 13.7 Å². The molecule has 0 saturated heterocycles. The van der Waals surface area contributed by atoms with Gasteiger partial charge in [-0.25, -0.2) is 0 Å². The molecule has 1 aromatic heterocycles. The number of halogens is 1. The van der Waals surface area contributed by atoms with E-state index in [2.05, 4.69) is 18.3 Å². The molecule has 18 heavy (non-hydrogen) atoms. The molecule has 1 fully saturated rings. The second-order valence-corrected chi connectivity index (χ2v) is 6.91. The van der Waals surface area contributed by atoms with Gasteiger partial charge >= 0.3 is 0 Å². The molecule has 0 aliphatic heterocycles. The summed E-state index contributed by atoms with van der Waals surface area (Å²) >= 11 is 7.68. The Labute approximate surface area is 119 Å². The number of ether oxygens (including phenoxy) is 1. The van der Waals surface area contributed by atoms with Crippen LogP contribution < -0.4 is 5.32 Å². The predicted molar refractivity (Wildman–Crippen MR) is 78.7 cm³/mol. The topological polar surface area (TPSA) is 21.3 Å². The van der Waals surface area contributed by atoms with Crippen molar-refractivity contribution in [3.05, 3.63) is 21.3 Å². The lowest BCUT2D eigenvalue weighted by Crippen LogP contribution is -2.46. The summed E-state index contributed by atoms with van der Waals surface area (Å²) in [6, 6.07) is 4.61. The van der Waals surface area contributed by atoms with Crippen molar-refractivity contribution >= 4 is 22.9 Å². The zero-order valence-electron chi connectivity index (χ0n) is 11.2. The monoisotopic (exact) mass is 287 g/mol. The van der Waals surface area contributed by atoms with Crippen LogP contribution in [-0.2, 0) is 11.2 Å². The van der Waals surface area contributed by atoms with Gasteiger partial charge in [0, 0.05) is 18.0 Å². The van der Waals surface area contributed by atoms with Gasteiger partial charge in [0.25, 0.3) is 0 Å². The van der Waals surface area contributed by atoms with Crippen LogP contribution in [0.2, 0.25) is 4.34 Å². The minimum atomic E-state index is 0.133. The summed E-state index contributed by atoms with van der Waals surface area (Å²) in [6.07, 6.45) is 5.87. The third-order valence-corrected chi connectivity index (χ3v) is 5.14. The Bertz CT molecular complexity index is 370. The van der Waals surface area contributed by atoms with E-state index in [1.54, 1.807) is 11.3 Å². The summed E-state index contributed by atoms with van der Waals surface area (Å²) in [5, 5.41) is 3.58. The van der Waals surface area contributed by atoms with Crippen LogP contribution in [0.5, 0.6) is 0 Å². The smallest absolute Gasteiger partial charge is 0.0931 e. The van der Waals surface area contributed by atoms with E-state index in [-0.39, 0.29) is 5.60 Å². The maximum absolute atomic E-state index is 5.99. The van der Waals surface area contributed by atoms with E-state index >= 15 is 0 Å². The molecule has 0 aromatic carbocycles. The summed E-state index contributed by atoms with van der Waals surface area (Å²) in [7, 11) is 1.85. The van der Waals surface area contributed by atoms with Gasteiger partial charge in [-0.3, -0.25) is 0 Å². The fourth-order valence-corrected chi connectivity index (χ4v) is 3.89. The molecule has 1 aliphatic carbocycles. The first-order valence-electron chi connectivity index (χ1n) is 6.70. The molecule has 1 aromatic rings. The highest BCUT2D eigenvalue weighted by atomic mass is 35.5. The maximum Gasteiger partial charge on any atom is 0.0931 e. The number of nitrogens with one attached hydrogen (secondary N) is 1.